The first kappa shape index (κ1) is 33.7. The Bertz CT molecular complexity index is 3770. The molecule has 2 aliphatic carbocycles. The first-order valence-electron chi connectivity index (χ1n) is 21.3. The molecule has 12 aromatic rings. The summed E-state index contributed by atoms with van der Waals surface area (Å²) in [6, 6.07) is 77.3. The zero-order valence-corrected chi connectivity index (χ0v) is 33.5. The number of hydrogen-bond acceptors (Lipinski definition) is 3. The molecule has 3 heteroatoms. The summed E-state index contributed by atoms with van der Waals surface area (Å²) in [4.78, 5) is 2.43. The molecule has 0 bridgehead atoms. The molecule has 2 aromatic heterocycles. The molecule has 0 radical (unpaired) electrons. The van der Waals surface area contributed by atoms with E-state index in [2.05, 4.69) is 199 Å². The molecule has 0 saturated carbocycles. The molecule has 0 saturated heterocycles. The van der Waals surface area contributed by atoms with Gasteiger partial charge in [-0.3, -0.25) is 0 Å². The lowest BCUT2D eigenvalue weighted by Crippen LogP contribution is -2.26. The summed E-state index contributed by atoms with van der Waals surface area (Å²) in [5, 5.41) is 6.65. The average Bonchev–Trinajstić information content (AvgIpc) is 4.07. The highest BCUT2D eigenvalue weighted by molar-refractivity contribution is 6.27. The first-order chi connectivity index (χ1) is 30.8. The van der Waals surface area contributed by atoms with Crippen LogP contribution in [0.25, 0.3) is 88.0 Å². The summed E-state index contributed by atoms with van der Waals surface area (Å²) in [6.45, 7) is 0. The molecule has 3 nitrogen and oxygen atoms in total. The van der Waals surface area contributed by atoms with Gasteiger partial charge < -0.3 is 13.7 Å². The molecule has 62 heavy (non-hydrogen) atoms. The minimum atomic E-state index is -0.488. The van der Waals surface area contributed by atoms with E-state index in [1.165, 1.54) is 55.3 Å². The highest BCUT2D eigenvalue weighted by atomic mass is 16.3. The standard InChI is InChI=1S/C59H35NO2/c1-2-16-39(17-3-1)60(40-28-29-45-44-20-8-12-24-50(44)59(51(45)35-40)48-22-10-6-18-42(48)43-19-7-11-23-49(43)59)57-41(38-27-26-36-14-4-5-15-37(36)34-38)30-31-47-56-54(62-58(47)57)33-32-53-55(56)46-21-9-13-25-52(46)61-53/h1-35H. The molecule has 1 spiro atoms. The normalized spacial score (nSPS) is 13.3. The number of hydrogen-bond donors (Lipinski definition) is 0. The number of anilines is 3. The van der Waals surface area contributed by atoms with E-state index in [1.807, 2.05) is 18.2 Å². The number of fused-ring (bicyclic) bond motifs is 18. The lowest BCUT2D eigenvalue weighted by atomic mass is 9.70. The van der Waals surface area contributed by atoms with E-state index in [0.29, 0.717) is 0 Å². The van der Waals surface area contributed by atoms with Crippen molar-refractivity contribution in [3.63, 3.8) is 0 Å². The van der Waals surface area contributed by atoms with Crippen molar-refractivity contribution in [1.29, 1.82) is 0 Å². The van der Waals surface area contributed by atoms with Crippen molar-refractivity contribution >= 4 is 71.7 Å². The Morgan fingerprint density at radius 2 is 0.919 bits per heavy atom. The van der Waals surface area contributed by atoms with Gasteiger partial charge in [-0.2, -0.15) is 0 Å². The van der Waals surface area contributed by atoms with Crippen LogP contribution in [0, 0.1) is 0 Å². The number of nitrogens with zero attached hydrogens (tertiary/aromatic N) is 1. The van der Waals surface area contributed by atoms with E-state index < -0.39 is 5.41 Å². The van der Waals surface area contributed by atoms with Crippen molar-refractivity contribution in [3.05, 3.63) is 235 Å². The molecule has 2 heterocycles. The average molecular weight is 790 g/mol. The molecule has 0 fully saturated rings. The van der Waals surface area contributed by atoms with Gasteiger partial charge in [-0.25, -0.2) is 0 Å². The zero-order valence-electron chi connectivity index (χ0n) is 33.5. The molecule has 14 rings (SSSR count). The van der Waals surface area contributed by atoms with Crippen LogP contribution in [0.2, 0.25) is 0 Å². The van der Waals surface area contributed by atoms with Gasteiger partial charge in [-0.1, -0.05) is 158 Å². The maximum atomic E-state index is 7.23. The van der Waals surface area contributed by atoms with Crippen LogP contribution in [0.4, 0.5) is 17.1 Å². The van der Waals surface area contributed by atoms with Gasteiger partial charge in [0.2, 0.25) is 0 Å². The van der Waals surface area contributed by atoms with Gasteiger partial charge in [0.15, 0.2) is 5.58 Å². The second-order valence-corrected chi connectivity index (χ2v) is 16.7. The first-order valence-corrected chi connectivity index (χ1v) is 21.3. The Balaban J connectivity index is 1.11. The van der Waals surface area contributed by atoms with Gasteiger partial charge in [0, 0.05) is 38.5 Å². The molecular weight excluding hydrogens is 755 g/mol. The van der Waals surface area contributed by atoms with E-state index >= 15 is 0 Å². The van der Waals surface area contributed by atoms with Crippen molar-refractivity contribution in [2.75, 3.05) is 4.90 Å². The third-order valence-electron chi connectivity index (χ3n) is 13.7. The van der Waals surface area contributed by atoms with Crippen LogP contribution in [-0.4, -0.2) is 0 Å². The fraction of sp³-hybridized carbons (Fsp3) is 0.0169. The molecule has 2 aliphatic rings. The molecule has 0 aliphatic heterocycles. The lowest BCUT2D eigenvalue weighted by molar-refractivity contribution is 0.663. The third kappa shape index (κ3) is 4.39. The Morgan fingerprint density at radius 3 is 1.66 bits per heavy atom. The van der Waals surface area contributed by atoms with Crippen LogP contribution < -0.4 is 4.90 Å². The van der Waals surface area contributed by atoms with Crippen LogP contribution in [0.3, 0.4) is 0 Å². The van der Waals surface area contributed by atoms with Crippen LogP contribution in [0.15, 0.2) is 221 Å². The Labute approximate surface area is 357 Å². The van der Waals surface area contributed by atoms with Crippen LogP contribution in [-0.2, 0) is 5.41 Å². The Kier molecular flexibility index (Phi) is 6.76. The molecule has 0 atom stereocenters. The SMILES string of the molecule is c1ccc(N(c2ccc3c(c2)C2(c4ccccc4-c4ccccc42)c2ccccc2-3)c2c(-c3ccc4ccccc4c3)ccc3c2oc2ccc4oc5ccccc5c4c23)cc1. The van der Waals surface area contributed by atoms with Crippen LogP contribution in [0.5, 0.6) is 0 Å². The van der Waals surface area contributed by atoms with Crippen molar-refractivity contribution < 1.29 is 8.83 Å². The molecule has 0 N–H and O–H groups in total. The Morgan fingerprint density at radius 1 is 0.339 bits per heavy atom. The minimum absolute atomic E-state index is 0.488. The second-order valence-electron chi connectivity index (χ2n) is 16.7. The van der Waals surface area contributed by atoms with Crippen LogP contribution >= 0.6 is 0 Å². The van der Waals surface area contributed by atoms with Gasteiger partial charge in [0.05, 0.1) is 11.1 Å². The molecular formula is C59H35NO2. The van der Waals surface area contributed by atoms with Gasteiger partial charge in [0.1, 0.15) is 16.7 Å². The number of furan rings is 2. The van der Waals surface area contributed by atoms with Crippen molar-refractivity contribution in [3.8, 4) is 33.4 Å². The van der Waals surface area contributed by atoms with Crippen molar-refractivity contribution in [2.24, 2.45) is 0 Å². The monoisotopic (exact) mass is 789 g/mol. The topological polar surface area (TPSA) is 29.5 Å². The predicted octanol–water partition coefficient (Wildman–Crippen LogP) is 16.1. The van der Waals surface area contributed by atoms with E-state index in [4.69, 9.17) is 8.83 Å². The fourth-order valence-electron chi connectivity index (χ4n) is 11.1. The Hall–Kier alpha value is -8.14. The van der Waals surface area contributed by atoms with E-state index in [-0.39, 0.29) is 0 Å². The highest BCUT2D eigenvalue weighted by Crippen LogP contribution is 2.63. The smallest absolute Gasteiger partial charge is 0.160 e. The minimum Gasteiger partial charge on any atom is -0.456 e. The lowest BCUT2D eigenvalue weighted by Gasteiger charge is -2.32. The number of benzene rings is 10. The highest BCUT2D eigenvalue weighted by Gasteiger charge is 2.51. The molecule has 288 valence electrons. The van der Waals surface area contributed by atoms with Gasteiger partial charge >= 0.3 is 0 Å². The largest absolute Gasteiger partial charge is 0.456 e. The third-order valence-corrected chi connectivity index (χ3v) is 13.7. The van der Waals surface area contributed by atoms with E-state index in [1.54, 1.807) is 0 Å². The summed E-state index contributed by atoms with van der Waals surface area (Å²) in [5.74, 6) is 0. The van der Waals surface area contributed by atoms with E-state index in [9.17, 15) is 0 Å². The van der Waals surface area contributed by atoms with Gasteiger partial charge in [0.25, 0.3) is 0 Å². The van der Waals surface area contributed by atoms with Gasteiger partial charge in [-0.05, 0) is 115 Å². The summed E-state index contributed by atoms with van der Waals surface area (Å²) >= 11 is 0. The number of para-hydroxylation sites is 2. The molecule has 0 unspecified atom stereocenters. The quantitative estimate of drug-likeness (QED) is 0.178. The predicted molar refractivity (Wildman–Crippen MR) is 255 cm³/mol. The van der Waals surface area contributed by atoms with E-state index in [0.717, 1.165) is 72.1 Å². The maximum Gasteiger partial charge on any atom is 0.160 e. The number of rotatable bonds is 4. The van der Waals surface area contributed by atoms with Crippen molar-refractivity contribution in [2.45, 2.75) is 5.41 Å². The summed E-state index contributed by atoms with van der Waals surface area (Å²) in [5.41, 5.74) is 18.5. The zero-order chi connectivity index (χ0) is 40.5. The molecule has 0 amide bonds. The van der Waals surface area contributed by atoms with Crippen LogP contribution in [0.1, 0.15) is 22.3 Å². The maximum absolute atomic E-state index is 7.23. The second kappa shape index (κ2) is 12.4. The summed E-state index contributed by atoms with van der Waals surface area (Å²) < 4.78 is 13.7. The van der Waals surface area contributed by atoms with Crippen molar-refractivity contribution in [1.82, 2.24) is 0 Å². The summed E-state index contributed by atoms with van der Waals surface area (Å²) in [7, 11) is 0. The molecule has 10 aromatic carbocycles. The summed E-state index contributed by atoms with van der Waals surface area (Å²) in [6.07, 6.45) is 0. The fourth-order valence-corrected chi connectivity index (χ4v) is 11.1. The van der Waals surface area contributed by atoms with Gasteiger partial charge in [-0.15, -0.1) is 0 Å².